The number of rotatable bonds is 8. The van der Waals surface area contributed by atoms with E-state index < -0.39 is 0 Å². The molecule has 0 radical (unpaired) electrons. The summed E-state index contributed by atoms with van der Waals surface area (Å²) in [5.41, 5.74) is 0. The third-order valence-corrected chi connectivity index (χ3v) is 6.39. The van der Waals surface area contributed by atoms with Crippen molar-refractivity contribution in [2.45, 2.75) is 90.4 Å². The van der Waals surface area contributed by atoms with E-state index in [0.29, 0.717) is 0 Å². The maximum Gasteiger partial charge on any atom is -0.0322 e. The molecule has 0 N–H and O–H groups in total. The van der Waals surface area contributed by atoms with Gasteiger partial charge >= 0.3 is 0 Å². The first-order valence-corrected chi connectivity index (χ1v) is 10.1. The minimum Gasteiger partial charge on any atom is -0.103 e. The molecule has 0 spiro atoms. The first-order chi connectivity index (χ1) is 10.8. The van der Waals surface area contributed by atoms with Crippen LogP contribution in [0.1, 0.15) is 90.4 Å². The second kappa shape index (κ2) is 10.3. The van der Waals surface area contributed by atoms with Crippen LogP contribution >= 0.6 is 0 Å². The van der Waals surface area contributed by atoms with Gasteiger partial charge in [-0.15, -0.1) is 6.58 Å². The fraction of sp³-hybridized carbons (Fsp3) is 0.818. The molecule has 0 heteroatoms. The molecule has 0 aliphatic heterocycles. The van der Waals surface area contributed by atoms with Crippen LogP contribution in [-0.2, 0) is 0 Å². The Morgan fingerprint density at radius 1 is 0.727 bits per heavy atom. The minimum atomic E-state index is 0.979. The lowest BCUT2D eigenvalue weighted by Gasteiger charge is -2.28. The van der Waals surface area contributed by atoms with E-state index in [4.69, 9.17) is 0 Å². The zero-order valence-corrected chi connectivity index (χ0v) is 14.9. The zero-order valence-electron chi connectivity index (χ0n) is 14.9. The Balaban J connectivity index is 1.54. The van der Waals surface area contributed by atoms with Gasteiger partial charge in [-0.3, -0.25) is 0 Å². The summed E-state index contributed by atoms with van der Waals surface area (Å²) >= 11 is 0. The largest absolute Gasteiger partial charge is 0.103 e. The Kier molecular flexibility index (Phi) is 8.34. The summed E-state index contributed by atoms with van der Waals surface area (Å²) in [6.07, 6.45) is 25.6. The smallest absolute Gasteiger partial charge is 0.0322 e. The van der Waals surface area contributed by atoms with Gasteiger partial charge in [-0.2, -0.15) is 0 Å². The Morgan fingerprint density at radius 2 is 1.18 bits per heavy atom. The molecule has 2 saturated carbocycles. The van der Waals surface area contributed by atoms with E-state index in [9.17, 15) is 0 Å². The molecule has 2 aliphatic carbocycles. The Hall–Kier alpha value is -0.520. The van der Waals surface area contributed by atoms with Crippen molar-refractivity contribution in [1.29, 1.82) is 0 Å². The average Bonchev–Trinajstić information content (AvgIpc) is 2.58. The maximum atomic E-state index is 3.85. The normalized spacial score (nSPS) is 33.1. The molecular weight excluding hydrogens is 264 g/mol. The van der Waals surface area contributed by atoms with E-state index in [1.54, 1.807) is 0 Å². The van der Waals surface area contributed by atoms with E-state index in [2.05, 4.69) is 31.7 Å². The van der Waals surface area contributed by atoms with E-state index >= 15 is 0 Å². The third-order valence-electron chi connectivity index (χ3n) is 6.39. The van der Waals surface area contributed by atoms with Crippen molar-refractivity contribution in [3.8, 4) is 0 Å². The number of allylic oxidation sites excluding steroid dienone is 3. The Labute approximate surface area is 139 Å². The van der Waals surface area contributed by atoms with Gasteiger partial charge in [-0.1, -0.05) is 57.3 Å². The van der Waals surface area contributed by atoms with Gasteiger partial charge in [0, 0.05) is 0 Å². The Morgan fingerprint density at radius 3 is 1.64 bits per heavy atom. The van der Waals surface area contributed by atoms with Gasteiger partial charge in [0.25, 0.3) is 0 Å². The number of hydrogen-bond acceptors (Lipinski definition) is 0. The van der Waals surface area contributed by atoms with Crippen LogP contribution in [-0.4, -0.2) is 0 Å². The molecule has 0 aromatic rings. The van der Waals surface area contributed by atoms with Crippen LogP contribution in [0.3, 0.4) is 0 Å². The predicted octanol–water partition coefficient (Wildman–Crippen LogP) is 7.31. The lowest BCUT2D eigenvalue weighted by molar-refractivity contribution is 0.264. The highest BCUT2D eigenvalue weighted by molar-refractivity contribution is 4.89. The van der Waals surface area contributed by atoms with Crippen molar-refractivity contribution in [3.05, 3.63) is 24.8 Å². The standard InChI is InChI=1S/C22H38/c1-3-5-8-20-15-17-22(18-16-20)10-7-6-9-21-13-11-19(4-2)12-14-21/h3,6-7,19-22H,1,4-5,8-18H2,2H3/t19-,20-,21-,22-. The molecule has 0 unspecified atom stereocenters. The van der Waals surface area contributed by atoms with Gasteiger partial charge in [-0.25, -0.2) is 0 Å². The van der Waals surface area contributed by atoms with E-state index in [0.717, 1.165) is 23.7 Å². The summed E-state index contributed by atoms with van der Waals surface area (Å²) in [6.45, 7) is 6.21. The first-order valence-electron chi connectivity index (χ1n) is 10.1. The molecule has 0 nitrogen and oxygen atoms in total. The fourth-order valence-corrected chi connectivity index (χ4v) is 4.56. The zero-order chi connectivity index (χ0) is 15.6. The molecule has 2 rings (SSSR count). The molecular formula is C22H38. The first kappa shape index (κ1) is 17.8. The van der Waals surface area contributed by atoms with Gasteiger partial charge in [0.15, 0.2) is 0 Å². The Bertz CT molecular complexity index is 311. The summed E-state index contributed by atoms with van der Waals surface area (Å²) in [4.78, 5) is 0. The van der Waals surface area contributed by atoms with Crippen molar-refractivity contribution in [3.63, 3.8) is 0 Å². The second-order valence-electron chi connectivity index (χ2n) is 7.99. The molecule has 0 amide bonds. The lowest BCUT2D eigenvalue weighted by Crippen LogP contribution is -2.14. The van der Waals surface area contributed by atoms with Gasteiger partial charge in [0.1, 0.15) is 0 Å². The molecule has 2 aliphatic rings. The highest BCUT2D eigenvalue weighted by atomic mass is 14.3. The van der Waals surface area contributed by atoms with Gasteiger partial charge in [-0.05, 0) is 75.0 Å². The summed E-state index contributed by atoms with van der Waals surface area (Å²) in [6, 6.07) is 0. The predicted molar refractivity (Wildman–Crippen MR) is 99.0 cm³/mol. The van der Waals surface area contributed by atoms with Crippen LogP contribution in [0.15, 0.2) is 24.8 Å². The van der Waals surface area contributed by atoms with Crippen molar-refractivity contribution in [1.82, 2.24) is 0 Å². The molecule has 0 atom stereocenters. The minimum absolute atomic E-state index is 0.979. The van der Waals surface area contributed by atoms with Crippen LogP contribution in [0.2, 0.25) is 0 Å². The highest BCUT2D eigenvalue weighted by Crippen LogP contribution is 2.34. The van der Waals surface area contributed by atoms with E-state index in [1.807, 2.05) is 0 Å². The average molecular weight is 303 g/mol. The van der Waals surface area contributed by atoms with Crippen LogP contribution in [0.5, 0.6) is 0 Å². The molecule has 0 heterocycles. The van der Waals surface area contributed by atoms with Gasteiger partial charge in [0.2, 0.25) is 0 Å². The molecule has 0 aromatic carbocycles. The van der Waals surface area contributed by atoms with Crippen molar-refractivity contribution < 1.29 is 0 Å². The van der Waals surface area contributed by atoms with Crippen molar-refractivity contribution >= 4 is 0 Å². The van der Waals surface area contributed by atoms with Crippen molar-refractivity contribution in [2.24, 2.45) is 23.7 Å². The monoisotopic (exact) mass is 302 g/mol. The van der Waals surface area contributed by atoms with Gasteiger partial charge in [0.05, 0.1) is 0 Å². The third kappa shape index (κ3) is 6.31. The van der Waals surface area contributed by atoms with Crippen LogP contribution < -0.4 is 0 Å². The van der Waals surface area contributed by atoms with Crippen LogP contribution in [0, 0.1) is 23.7 Å². The van der Waals surface area contributed by atoms with Crippen LogP contribution in [0.4, 0.5) is 0 Å². The number of hydrogen-bond donors (Lipinski definition) is 0. The summed E-state index contributed by atoms with van der Waals surface area (Å²) in [5, 5.41) is 0. The van der Waals surface area contributed by atoms with Crippen molar-refractivity contribution in [2.75, 3.05) is 0 Å². The molecule has 2 fully saturated rings. The molecule has 0 saturated heterocycles. The van der Waals surface area contributed by atoms with E-state index in [1.165, 1.54) is 83.5 Å². The molecule has 22 heavy (non-hydrogen) atoms. The quantitative estimate of drug-likeness (QED) is 0.412. The molecule has 0 bridgehead atoms. The second-order valence-corrected chi connectivity index (χ2v) is 7.99. The topological polar surface area (TPSA) is 0 Å². The summed E-state index contributed by atoms with van der Waals surface area (Å²) in [7, 11) is 0. The fourth-order valence-electron chi connectivity index (χ4n) is 4.56. The lowest BCUT2D eigenvalue weighted by atomic mass is 9.78. The summed E-state index contributed by atoms with van der Waals surface area (Å²) in [5.74, 6) is 4.00. The summed E-state index contributed by atoms with van der Waals surface area (Å²) < 4.78 is 0. The molecule has 0 aromatic heterocycles. The SMILES string of the molecule is C=CCC[C@H]1CC[C@H](CC=CC[C@H]2CC[C@H](CC)CC2)CC1. The highest BCUT2D eigenvalue weighted by Gasteiger charge is 2.20. The molecule has 126 valence electrons. The van der Waals surface area contributed by atoms with E-state index in [-0.39, 0.29) is 0 Å². The van der Waals surface area contributed by atoms with Crippen LogP contribution in [0.25, 0.3) is 0 Å². The van der Waals surface area contributed by atoms with Gasteiger partial charge < -0.3 is 0 Å². The maximum absolute atomic E-state index is 3.85.